The minimum Gasteiger partial charge on any atom is -0.207 e. The van der Waals surface area contributed by atoms with E-state index in [0.29, 0.717) is 4.47 Å². The summed E-state index contributed by atoms with van der Waals surface area (Å²) in [6, 6.07) is 3.06. The summed E-state index contributed by atoms with van der Waals surface area (Å²) in [6.45, 7) is -0.807. The summed E-state index contributed by atoms with van der Waals surface area (Å²) in [5.41, 5.74) is 0. The van der Waals surface area contributed by atoms with Crippen molar-refractivity contribution in [1.82, 2.24) is 4.31 Å². The fourth-order valence-electron chi connectivity index (χ4n) is 1.39. The molecule has 19 heavy (non-hydrogen) atoms. The lowest BCUT2D eigenvalue weighted by Gasteiger charge is -2.22. The molecule has 0 fully saturated rings. The van der Waals surface area contributed by atoms with Crippen LogP contribution < -0.4 is 0 Å². The first-order valence-corrected chi connectivity index (χ1v) is 7.33. The zero-order valence-electron chi connectivity index (χ0n) is 9.71. The van der Waals surface area contributed by atoms with Crippen molar-refractivity contribution in [2.24, 2.45) is 0 Å². The Labute approximate surface area is 116 Å². The number of sulfonamides is 1. The zero-order chi connectivity index (χ0) is 14.8. The summed E-state index contributed by atoms with van der Waals surface area (Å²) in [4.78, 5) is -0.776. The van der Waals surface area contributed by atoms with Gasteiger partial charge in [0.2, 0.25) is 10.0 Å². The predicted molar refractivity (Wildman–Crippen MR) is 64.6 cm³/mol. The molecule has 0 aliphatic heterocycles. The van der Waals surface area contributed by atoms with Crippen molar-refractivity contribution in [2.45, 2.75) is 18.0 Å². The molecule has 0 aromatic heterocycles. The molecule has 0 saturated heterocycles. The Hall–Kier alpha value is -0.670. The number of halogens is 5. The van der Waals surface area contributed by atoms with Crippen molar-refractivity contribution in [3.05, 3.63) is 28.5 Å². The highest BCUT2D eigenvalue weighted by molar-refractivity contribution is 9.10. The van der Waals surface area contributed by atoms with Gasteiger partial charge in [-0.2, -0.15) is 17.5 Å². The van der Waals surface area contributed by atoms with Crippen molar-refractivity contribution in [2.75, 3.05) is 13.1 Å². The summed E-state index contributed by atoms with van der Waals surface area (Å²) >= 11 is 2.94. The minimum absolute atomic E-state index is 0.180. The molecule has 0 N–H and O–H groups in total. The first-order chi connectivity index (χ1) is 8.58. The third kappa shape index (κ3) is 4.15. The van der Waals surface area contributed by atoms with Crippen LogP contribution >= 0.6 is 15.9 Å². The molecule has 0 radical (unpaired) electrons. The molecule has 0 bridgehead atoms. The van der Waals surface area contributed by atoms with Crippen LogP contribution in [-0.4, -0.2) is 32.0 Å². The van der Waals surface area contributed by atoms with Crippen LogP contribution in [0.1, 0.15) is 6.92 Å². The van der Waals surface area contributed by atoms with Crippen LogP contribution in [-0.2, 0) is 10.0 Å². The number of benzene rings is 1. The first kappa shape index (κ1) is 16.4. The van der Waals surface area contributed by atoms with E-state index in [2.05, 4.69) is 15.9 Å². The van der Waals surface area contributed by atoms with Crippen LogP contribution in [0.2, 0.25) is 0 Å². The van der Waals surface area contributed by atoms with Gasteiger partial charge < -0.3 is 0 Å². The van der Waals surface area contributed by atoms with E-state index in [1.807, 2.05) is 0 Å². The number of hydrogen-bond acceptors (Lipinski definition) is 2. The number of rotatable bonds is 4. The number of alkyl halides is 3. The van der Waals surface area contributed by atoms with Gasteiger partial charge in [0.05, 0.1) is 0 Å². The van der Waals surface area contributed by atoms with Gasteiger partial charge in [-0.25, -0.2) is 12.8 Å². The number of hydrogen-bond donors (Lipinski definition) is 0. The fraction of sp³-hybridized carbons (Fsp3) is 0.400. The first-order valence-electron chi connectivity index (χ1n) is 5.10. The Bertz CT molecular complexity index is 559. The lowest BCUT2D eigenvalue weighted by Crippen LogP contribution is -2.39. The van der Waals surface area contributed by atoms with Crippen LogP contribution in [0.5, 0.6) is 0 Å². The molecule has 1 aromatic carbocycles. The van der Waals surface area contributed by atoms with Gasteiger partial charge in [0, 0.05) is 11.0 Å². The quantitative estimate of drug-likeness (QED) is 0.770. The summed E-state index contributed by atoms with van der Waals surface area (Å²) in [6.07, 6.45) is -4.69. The van der Waals surface area contributed by atoms with Gasteiger partial charge in [-0.3, -0.25) is 0 Å². The van der Waals surface area contributed by atoms with Crippen molar-refractivity contribution in [3.8, 4) is 0 Å². The van der Waals surface area contributed by atoms with Gasteiger partial charge in [0.15, 0.2) is 0 Å². The Morgan fingerprint density at radius 2 is 1.89 bits per heavy atom. The molecule has 108 valence electrons. The maximum atomic E-state index is 13.6. The Morgan fingerprint density at radius 1 is 1.32 bits per heavy atom. The summed E-state index contributed by atoms with van der Waals surface area (Å²) < 4.78 is 74.8. The van der Waals surface area contributed by atoms with Crippen LogP contribution in [0.15, 0.2) is 27.6 Å². The van der Waals surface area contributed by atoms with E-state index in [4.69, 9.17) is 0 Å². The molecule has 1 aromatic rings. The van der Waals surface area contributed by atoms with E-state index in [9.17, 15) is 26.0 Å². The SMILES string of the molecule is CCN(CC(F)(F)F)S(=O)(=O)c1ccc(Br)cc1F. The van der Waals surface area contributed by atoms with E-state index in [1.54, 1.807) is 0 Å². The standard InChI is InChI=1S/C10H10BrF4NO2S/c1-2-16(6-10(13,14)15)19(17,18)9-4-3-7(11)5-8(9)12/h3-5H,2,6H2,1H3. The van der Waals surface area contributed by atoms with Crippen LogP contribution in [0.25, 0.3) is 0 Å². The van der Waals surface area contributed by atoms with E-state index < -0.39 is 40.0 Å². The average Bonchev–Trinajstić information content (AvgIpc) is 2.23. The molecule has 0 heterocycles. The topological polar surface area (TPSA) is 37.4 Å². The summed E-state index contributed by atoms with van der Waals surface area (Å²) in [5.74, 6) is -1.10. The molecule has 0 amide bonds. The molecular weight excluding hydrogens is 354 g/mol. The van der Waals surface area contributed by atoms with Crippen molar-refractivity contribution >= 4 is 26.0 Å². The monoisotopic (exact) mass is 363 g/mol. The fourth-order valence-corrected chi connectivity index (χ4v) is 3.20. The van der Waals surface area contributed by atoms with E-state index in [0.717, 1.165) is 12.1 Å². The van der Waals surface area contributed by atoms with Gasteiger partial charge in [-0.1, -0.05) is 22.9 Å². The van der Waals surface area contributed by atoms with Gasteiger partial charge in [0.1, 0.15) is 17.3 Å². The van der Waals surface area contributed by atoms with Crippen molar-refractivity contribution in [3.63, 3.8) is 0 Å². The molecule has 9 heteroatoms. The third-order valence-electron chi connectivity index (χ3n) is 2.22. The lowest BCUT2D eigenvalue weighted by molar-refractivity contribution is -0.135. The second-order valence-electron chi connectivity index (χ2n) is 3.62. The summed E-state index contributed by atoms with van der Waals surface area (Å²) in [5, 5.41) is 0. The smallest absolute Gasteiger partial charge is 0.207 e. The molecule has 0 unspecified atom stereocenters. The average molecular weight is 364 g/mol. The maximum Gasteiger partial charge on any atom is 0.402 e. The van der Waals surface area contributed by atoms with Crippen molar-refractivity contribution < 1.29 is 26.0 Å². The van der Waals surface area contributed by atoms with Gasteiger partial charge in [-0.15, -0.1) is 0 Å². The van der Waals surface area contributed by atoms with E-state index in [1.165, 1.54) is 13.0 Å². The summed E-state index contributed by atoms with van der Waals surface area (Å²) in [7, 11) is -4.51. The van der Waals surface area contributed by atoms with Gasteiger partial charge in [-0.05, 0) is 18.2 Å². The second kappa shape index (κ2) is 5.76. The van der Waals surface area contributed by atoms with Gasteiger partial charge >= 0.3 is 6.18 Å². The molecule has 0 aliphatic rings. The molecule has 3 nitrogen and oxygen atoms in total. The molecule has 0 saturated carbocycles. The predicted octanol–water partition coefficient (Wildman–Crippen LogP) is 3.16. The number of nitrogens with zero attached hydrogens (tertiary/aromatic N) is 1. The maximum absolute atomic E-state index is 13.6. The van der Waals surface area contributed by atoms with Crippen LogP contribution in [0, 0.1) is 5.82 Å². The Balaban J connectivity index is 3.21. The van der Waals surface area contributed by atoms with E-state index in [-0.39, 0.29) is 4.31 Å². The highest BCUT2D eigenvalue weighted by atomic mass is 79.9. The molecule has 0 aliphatic carbocycles. The lowest BCUT2D eigenvalue weighted by atomic mass is 10.3. The largest absolute Gasteiger partial charge is 0.402 e. The molecular formula is C10H10BrF4NO2S. The van der Waals surface area contributed by atoms with Crippen LogP contribution in [0.3, 0.4) is 0 Å². The third-order valence-corrected chi connectivity index (χ3v) is 4.67. The Morgan fingerprint density at radius 3 is 2.32 bits per heavy atom. The molecule has 0 atom stereocenters. The van der Waals surface area contributed by atoms with Crippen molar-refractivity contribution in [1.29, 1.82) is 0 Å². The highest BCUT2D eigenvalue weighted by Crippen LogP contribution is 2.25. The second-order valence-corrected chi connectivity index (χ2v) is 6.44. The van der Waals surface area contributed by atoms with Gasteiger partial charge in [0.25, 0.3) is 0 Å². The normalized spacial score (nSPS) is 13.0. The Kier molecular flexibility index (Phi) is 4.97. The zero-order valence-corrected chi connectivity index (χ0v) is 12.1. The van der Waals surface area contributed by atoms with Crippen LogP contribution in [0.4, 0.5) is 17.6 Å². The van der Waals surface area contributed by atoms with E-state index >= 15 is 0 Å². The molecule has 1 rings (SSSR count). The minimum atomic E-state index is -4.69. The molecule has 0 spiro atoms. The highest BCUT2D eigenvalue weighted by Gasteiger charge is 2.37.